The molecule has 0 spiro atoms. The normalized spacial score (nSPS) is 19.4. The zero-order valence-corrected chi connectivity index (χ0v) is 13.0. The molecule has 1 aliphatic heterocycles. The smallest absolute Gasteiger partial charge is 0.419 e. The summed E-state index contributed by atoms with van der Waals surface area (Å²) >= 11 is 0. The highest BCUT2D eigenvalue weighted by molar-refractivity contribution is 5.35. The van der Waals surface area contributed by atoms with Gasteiger partial charge in [-0.2, -0.15) is 18.2 Å². The number of aromatic nitrogens is 2. The molecule has 9 heteroatoms. The van der Waals surface area contributed by atoms with E-state index in [-0.39, 0.29) is 24.3 Å². The van der Waals surface area contributed by atoms with Crippen molar-refractivity contribution >= 4 is 0 Å². The van der Waals surface area contributed by atoms with Crippen LogP contribution in [0, 0.1) is 0 Å². The van der Waals surface area contributed by atoms with Gasteiger partial charge in [0.25, 0.3) is 5.89 Å². The molecule has 1 fully saturated rings. The number of para-hydroxylation sites is 1. The average molecular weight is 342 g/mol. The van der Waals surface area contributed by atoms with Crippen LogP contribution in [-0.2, 0) is 12.8 Å². The molecule has 0 bridgehead atoms. The third-order valence-electron chi connectivity index (χ3n) is 3.84. The lowest BCUT2D eigenvalue weighted by Gasteiger charge is -2.30. The summed E-state index contributed by atoms with van der Waals surface area (Å²) in [6, 6.07) is 4.99. The molecular formula is C15H17F3N4O2. The largest absolute Gasteiger partial charge is 0.483 e. The second kappa shape index (κ2) is 6.78. The third-order valence-corrected chi connectivity index (χ3v) is 3.84. The first-order chi connectivity index (χ1) is 11.4. The van der Waals surface area contributed by atoms with Gasteiger partial charge in [0.1, 0.15) is 5.75 Å². The Morgan fingerprint density at radius 3 is 2.92 bits per heavy atom. The van der Waals surface area contributed by atoms with Crippen LogP contribution in [0.15, 0.2) is 28.8 Å². The fourth-order valence-corrected chi connectivity index (χ4v) is 2.52. The van der Waals surface area contributed by atoms with Crippen molar-refractivity contribution in [2.75, 3.05) is 26.7 Å². The van der Waals surface area contributed by atoms with Crippen LogP contribution in [0.2, 0.25) is 0 Å². The first-order valence-electron chi connectivity index (χ1n) is 7.47. The summed E-state index contributed by atoms with van der Waals surface area (Å²) in [7, 11) is 1.96. The standard InChI is InChI=1S/C15H17F3N4O2/c1-22-7-6-19-8-11(22)14-20-13(24-21-14)9-23-12-5-3-2-4-10(12)15(16,17)18/h2-5,11,19H,6-9H2,1H3. The van der Waals surface area contributed by atoms with Crippen molar-refractivity contribution in [2.24, 2.45) is 0 Å². The van der Waals surface area contributed by atoms with Crippen molar-refractivity contribution in [1.82, 2.24) is 20.4 Å². The summed E-state index contributed by atoms with van der Waals surface area (Å²) in [6.07, 6.45) is -4.48. The Kier molecular flexibility index (Phi) is 4.72. The predicted octanol–water partition coefficient (Wildman–Crippen LogP) is 2.24. The van der Waals surface area contributed by atoms with Gasteiger partial charge in [-0.1, -0.05) is 17.3 Å². The Morgan fingerprint density at radius 2 is 2.17 bits per heavy atom. The Bertz CT molecular complexity index is 689. The Hall–Kier alpha value is -2.13. The van der Waals surface area contributed by atoms with E-state index >= 15 is 0 Å². The van der Waals surface area contributed by atoms with Gasteiger partial charge in [0.05, 0.1) is 11.6 Å². The maximum Gasteiger partial charge on any atom is 0.419 e. The number of piperazine rings is 1. The first kappa shape index (κ1) is 16.7. The predicted molar refractivity (Wildman–Crippen MR) is 78.3 cm³/mol. The summed E-state index contributed by atoms with van der Waals surface area (Å²) in [5.41, 5.74) is -0.832. The topological polar surface area (TPSA) is 63.4 Å². The van der Waals surface area contributed by atoms with Crippen LogP contribution in [-0.4, -0.2) is 41.7 Å². The maximum atomic E-state index is 12.9. The van der Waals surface area contributed by atoms with E-state index in [0.29, 0.717) is 12.4 Å². The van der Waals surface area contributed by atoms with E-state index < -0.39 is 11.7 Å². The first-order valence-corrected chi connectivity index (χ1v) is 7.47. The lowest BCUT2D eigenvalue weighted by atomic mass is 10.2. The highest BCUT2D eigenvalue weighted by Gasteiger charge is 2.34. The van der Waals surface area contributed by atoms with Crippen molar-refractivity contribution in [3.8, 4) is 5.75 Å². The van der Waals surface area contributed by atoms with Crippen LogP contribution in [0.3, 0.4) is 0 Å². The third kappa shape index (κ3) is 3.68. The quantitative estimate of drug-likeness (QED) is 0.919. The molecule has 2 aromatic rings. The number of benzene rings is 1. The minimum absolute atomic E-state index is 0.0290. The summed E-state index contributed by atoms with van der Waals surface area (Å²) in [4.78, 5) is 6.31. The number of hydrogen-bond donors (Lipinski definition) is 1. The number of halogens is 3. The van der Waals surface area contributed by atoms with E-state index in [1.807, 2.05) is 7.05 Å². The molecule has 130 valence electrons. The van der Waals surface area contributed by atoms with Gasteiger partial charge in [-0.15, -0.1) is 0 Å². The van der Waals surface area contributed by atoms with E-state index in [4.69, 9.17) is 9.26 Å². The fourth-order valence-electron chi connectivity index (χ4n) is 2.52. The minimum Gasteiger partial charge on any atom is -0.483 e. The summed E-state index contributed by atoms with van der Waals surface area (Å²) in [6.45, 7) is 2.20. The van der Waals surface area contributed by atoms with E-state index in [2.05, 4.69) is 20.4 Å². The van der Waals surface area contributed by atoms with E-state index in [9.17, 15) is 13.2 Å². The number of nitrogens with zero attached hydrogens (tertiary/aromatic N) is 3. The Balaban J connectivity index is 1.68. The number of nitrogens with one attached hydrogen (secondary N) is 1. The van der Waals surface area contributed by atoms with Gasteiger partial charge in [0, 0.05) is 19.6 Å². The number of ether oxygens (including phenoxy) is 1. The molecule has 0 saturated carbocycles. The molecule has 1 unspecified atom stereocenters. The average Bonchev–Trinajstić information content (AvgIpc) is 3.01. The van der Waals surface area contributed by atoms with Gasteiger partial charge in [-0.25, -0.2) is 0 Å². The van der Waals surface area contributed by atoms with Gasteiger partial charge < -0.3 is 14.6 Å². The molecule has 0 radical (unpaired) electrons. The molecule has 1 aliphatic rings. The van der Waals surface area contributed by atoms with Gasteiger partial charge in [0.15, 0.2) is 12.4 Å². The Labute approximate surface area is 136 Å². The van der Waals surface area contributed by atoms with Gasteiger partial charge in [-0.05, 0) is 19.2 Å². The van der Waals surface area contributed by atoms with Gasteiger partial charge in [0.2, 0.25) is 0 Å². The van der Waals surface area contributed by atoms with Crippen molar-refractivity contribution in [2.45, 2.75) is 18.8 Å². The van der Waals surface area contributed by atoms with Crippen LogP contribution in [0.1, 0.15) is 23.3 Å². The zero-order valence-electron chi connectivity index (χ0n) is 13.0. The highest BCUT2D eigenvalue weighted by Crippen LogP contribution is 2.36. The number of likely N-dealkylation sites (N-methyl/N-ethyl adjacent to an activating group) is 1. The maximum absolute atomic E-state index is 12.9. The summed E-state index contributed by atoms with van der Waals surface area (Å²) in [5.74, 6) is 0.370. The number of alkyl halides is 3. The van der Waals surface area contributed by atoms with Crippen LogP contribution in [0.4, 0.5) is 13.2 Å². The highest BCUT2D eigenvalue weighted by atomic mass is 19.4. The zero-order chi connectivity index (χ0) is 17.2. The molecule has 1 N–H and O–H groups in total. The summed E-state index contributed by atoms with van der Waals surface area (Å²) < 4.78 is 49.1. The molecule has 6 nitrogen and oxygen atoms in total. The second-order valence-electron chi connectivity index (χ2n) is 5.53. The van der Waals surface area contributed by atoms with Crippen LogP contribution in [0.25, 0.3) is 0 Å². The lowest BCUT2D eigenvalue weighted by molar-refractivity contribution is -0.139. The molecule has 1 atom stereocenters. The van der Waals surface area contributed by atoms with Crippen molar-refractivity contribution in [1.29, 1.82) is 0 Å². The van der Waals surface area contributed by atoms with Crippen LogP contribution >= 0.6 is 0 Å². The van der Waals surface area contributed by atoms with E-state index in [1.54, 1.807) is 0 Å². The molecule has 0 aliphatic carbocycles. The van der Waals surface area contributed by atoms with Crippen molar-refractivity contribution in [3.63, 3.8) is 0 Å². The number of hydrogen-bond acceptors (Lipinski definition) is 6. The SMILES string of the molecule is CN1CCNCC1c1noc(COc2ccccc2C(F)(F)F)n1. The molecule has 1 saturated heterocycles. The minimum atomic E-state index is -4.48. The molecule has 1 aromatic carbocycles. The van der Waals surface area contributed by atoms with Crippen LogP contribution in [0.5, 0.6) is 5.75 Å². The fraction of sp³-hybridized carbons (Fsp3) is 0.467. The monoisotopic (exact) mass is 342 g/mol. The van der Waals surface area contributed by atoms with Crippen LogP contribution < -0.4 is 10.1 Å². The second-order valence-corrected chi connectivity index (χ2v) is 5.53. The number of rotatable bonds is 4. The molecule has 1 aromatic heterocycles. The van der Waals surface area contributed by atoms with E-state index in [1.165, 1.54) is 18.2 Å². The Morgan fingerprint density at radius 1 is 1.38 bits per heavy atom. The molecular weight excluding hydrogens is 325 g/mol. The molecule has 3 rings (SSSR count). The van der Waals surface area contributed by atoms with E-state index in [0.717, 1.165) is 19.2 Å². The lowest BCUT2D eigenvalue weighted by Crippen LogP contribution is -2.44. The molecule has 0 amide bonds. The summed E-state index contributed by atoms with van der Waals surface area (Å²) in [5, 5.41) is 7.14. The molecule has 2 heterocycles. The van der Waals surface area contributed by atoms with Gasteiger partial charge >= 0.3 is 6.18 Å². The van der Waals surface area contributed by atoms with Crippen molar-refractivity contribution in [3.05, 3.63) is 41.5 Å². The molecule has 24 heavy (non-hydrogen) atoms. The van der Waals surface area contributed by atoms with Gasteiger partial charge in [-0.3, -0.25) is 4.90 Å². The van der Waals surface area contributed by atoms with Crippen molar-refractivity contribution < 1.29 is 22.4 Å².